The van der Waals surface area contributed by atoms with Crippen LogP contribution < -0.4 is 0 Å². The molecule has 60 valence electrons. The molecule has 0 aromatic carbocycles. The van der Waals surface area contributed by atoms with Gasteiger partial charge in [0.25, 0.3) is 0 Å². The van der Waals surface area contributed by atoms with Crippen LogP contribution in [0.25, 0.3) is 0 Å². The van der Waals surface area contributed by atoms with E-state index in [0.29, 0.717) is 0 Å². The van der Waals surface area contributed by atoms with E-state index in [1.165, 1.54) is 0 Å². The van der Waals surface area contributed by atoms with Crippen molar-refractivity contribution in [1.29, 1.82) is 0 Å². The average Bonchev–Trinajstić information content (AvgIpc) is 1.89. The Balaban J connectivity index is 3.58. The van der Waals surface area contributed by atoms with Gasteiger partial charge in [0.05, 0.1) is 0 Å². The van der Waals surface area contributed by atoms with E-state index in [0.717, 1.165) is 12.8 Å². The lowest BCUT2D eigenvalue weighted by Crippen LogP contribution is -2.13. The molecule has 0 aliphatic heterocycles. The van der Waals surface area contributed by atoms with Crippen molar-refractivity contribution in [1.82, 2.24) is 0 Å². The number of azo groups is 1. The maximum absolute atomic E-state index is 9.19. The minimum Gasteiger partial charge on any atom is -0.370 e. The van der Waals surface area contributed by atoms with Crippen LogP contribution >= 0.6 is 0 Å². The van der Waals surface area contributed by atoms with E-state index in [9.17, 15) is 5.11 Å². The molecule has 10 heavy (non-hydrogen) atoms. The van der Waals surface area contributed by atoms with Crippen LogP contribution in [0.4, 0.5) is 0 Å². The molecule has 3 nitrogen and oxygen atoms in total. The Morgan fingerprint density at radius 1 is 1.50 bits per heavy atom. The molecule has 0 saturated carbocycles. The summed E-state index contributed by atoms with van der Waals surface area (Å²) in [6.07, 6.45) is 1.47. The molecule has 0 fully saturated rings. The summed E-state index contributed by atoms with van der Waals surface area (Å²) in [4.78, 5) is 0. The van der Waals surface area contributed by atoms with Crippen molar-refractivity contribution in [2.45, 2.75) is 32.9 Å². The number of nitrogens with zero attached hydrogens (tertiary/aromatic N) is 2. The SMILES string of the molecule is CCCC(C)C(O)N=NC. The average molecular weight is 144 g/mol. The Morgan fingerprint density at radius 2 is 2.10 bits per heavy atom. The fraction of sp³-hybridized carbons (Fsp3) is 1.00. The van der Waals surface area contributed by atoms with Gasteiger partial charge in [-0.15, -0.1) is 0 Å². The van der Waals surface area contributed by atoms with E-state index >= 15 is 0 Å². The first-order chi connectivity index (χ1) is 4.72. The zero-order valence-corrected chi connectivity index (χ0v) is 6.91. The zero-order valence-electron chi connectivity index (χ0n) is 6.91. The van der Waals surface area contributed by atoms with Gasteiger partial charge in [-0.3, -0.25) is 0 Å². The summed E-state index contributed by atoms with van der Waals surface area (Å²) in [6.45, 7) is 4.06. The van der Waals surface area contributed by atoms with Crippen LogP contribution in [0.15, 0.2) is 10.2 Å². The number of rotatable bonds is 4. The third kappa shape index (κ3) is 3.56. The molecule has 0 aromatic heterocycles. The van der Waals surface area contributed by atoms with Crippen LogP contribution in [0.3, 0.4) is 0 Å². The van der Waals surface area contributed by atoms with Crippen molar-refractivity contribution in [2.75, 3.05) is 7.05 Å². The maximum Gasteiger partial charge on any atom is 0.168 e. The lowest BCUT2D eigenvalue weighted by molar-refractivity contribution is 0.113. The first-order valence-corrected chi connectivity index (χ1v) is 3.69. The highest BCUT2D eigenvalue weighted by Crippen LogP contribution is 2.10. The van der Waals surface area contributed by atoms with Crippen LogP contribution in [0, 0.1) is 5.92 Å². The van der Waals surface area contributed by atoms with E-state index in [4.69, 9.17) is 0 Å². The molecule has 0 rings (SSSR count). The Kier molecular flexibility index (Phi) is 5.12. The third-order valence-corrected chi connectivity index (χ3v) is 1.49. The van der Waals surface area contributed by atoms with Gasteiger partial charge in [-0.2, -0.15) is 10.2 Å². The van der Waals surface area contributed by atoms with E-state index in [2.05, 4.69) is 17.2 Å². The Hall–Kier alpha value is -0.440. The lowest BCUT2D eigenvalue weighted by Gasteiger charge is -2.11. The molecule has 0 aromatic rings. The number of aliphatic hydroxyl groups is 1. The number of hydrogen-bond acceptors (Lipinski definition) is 3. The minimum atomic E-state index is -0.607. The quantitative estimate of drug-likeness (QED) is 0.601. The largest absolute Gasteiger partial charge is 0.370 e. The molecule has 0 spiro atoms. The highest BCUT2D eigenvalue weighted by atomic mass is 16.3. The Bertz CT molecular complexity index is 104. The van der Waals surface area contributed by atoms with Crippen molar-refractivity contribution >= 4 is 0 Å². The van der Waals surface area contributed by atoms with Gasteiger partial charge in [-0.25, -0.2) is 0 Å². The van der Waals surface area contributed by atoms with E-state index in [1.54, 1.807) is 7.05 Å². The zero-order chi connectivity index (χ0) is 7.98. The molecular weight excluding hydrogens is 128 g/mol. The second kappa shape index (κ2) is 5.35. The highest BCUT2D eigenvalue weighted by molar-refractivity contribution is 4.58. The van der Waals surface area contributed by atoms with Gasteiger partial charge in [-0.05, 0) is 6.42 Å². The Labute approximate surface area is 62.2 Å². The predicted molar refractivity (Wildman–Crippen MR) is 40.9 cm³/mol. The van der Waals surface area contributed by atoms with Gasteiger partial charge in [-0.1, -0.05) is 20.3 Å². The van der Waals surface area contributed by atoms with Crippen molar-refractivity contribution < 1.29 is 5.11 Å². The van der Waals surface area contributed by atoms with Gasteiger partial charge in [0.2, 0.25) is 0 Å². The summed E-state index contributed by atoms with van der Waals surface area (Å²) >= 11 is 0. The summed E-state index contributed by atoms with van der Waals surface area (Å²) < 4.78 is 0. The van der Waals surface area contributed by atoms with Crippen molar-refractivity contribution in [3.8, 4) is 0 Å². The topological polar surface area (TPSA) is 45.0 Å². The fourth-order valence-corrected chi connectivity index (χ4v) is 0.837. The molecule has 2 unspecified atom stereocenters. The Morgan fingerprint density at radius 3 is 2.50 bits per heavy atom. The molecule has 1 N–H and O–H groups in total. The molecular formula is C7H16N2O. The molecule has 0 bridgehead atoms. The molecule has 0 heterocycles. The highest BCUT2D eigenvalue weighted by Gasteiger charge is 2.10. The van der Waals surface area contributed by atoms with Crippen LogP contribution in [-0.4, -0.2) is 18.4 Å². The second-order valence-electron chi connectivity index (χ2n) is 2.50. The van der Waals surface area contributed by atoms with Crippen molar-refractivity contribution in [3.05, 3.63) is 0 Å². The summed E-state index contributed by atoms with van der Waals surface area (Å²) in [5.41, 5.74) is 0. The standard InChI is InChI=1S/C7H16N2O/c1-4-5-6(2)7(10)9-8-3/h6-7,10H,4-5H2,1-3H3. The van der Waals surface area contributed by atoms with Crippen LogP contribution in [-0.2, 0) is 0 Å². The second-order valence-corrected chi connectivity index (χ2v) is 2.50. The first-order valence-electron chi connectivity index (χ1n) is 3.69. The third-order valence-electron chi connectivity index (χ3n) is 1.49. The first kappa shape index (κ1) is 9.56. The van der Waals surface area contributed by atoms with Crippen LogP contribution in [0.5, 0.6) is 0 Å². The monoisotopic (exact) mass is 144 g/mol. The molecule has 0 radical (unpaired) electrons. The molecule has 0 amide bonds. The fourth-order valence-electron chi connectivity index (χ4n) is 0.837. The maximum atomic E-state index is 9.19. The van der Waals surface area contributed by atoms with E-state index in [-0.39, 0.29) is 5.92 Å². The lowest BCUT2D eigenvalue weighted by atomic mass is 10.1. The summed E-state index contributed by atoms with van der Waals surface area (Å²) in [6, 6.07) is 0. The van der Waals surface area contributed by atoms with Gasteiger partial charge in [0, 0.05) is 13.0 Å². The molecule has 0 aliphatic carbocycles. The number of hydrogen-bond donors (Lipinski definition) is 1. The van der Waals surface area contributed by atoms with Gasteiger partial charge < -0.3 is 5.11 Å². The van der Waals surface area contributed by atoms with Gasteiger partial charge in [0.15, 0.2) is 6.23 Å². The van der Waals surface area contributed by atoms with Crippen LogP contribution in [0.2, 0.25) is 0 Å². The van der Waals surface area contributed by atoms with E-state index < -0.39 is 6.23 Å². The minimum absolute atomic E-state index is 0.230. The van der Waals surface area contributed by atoms with Crippen LogP contribution in [0.1, 0.15) is 26.7 Å². The summed E-state index contributed by atoms with van der Waals surface area (Å²) in [5, 5.41) is 16.3. The van der Waals surface area contributed by atoms with Gasteiger partial charge >= 0.3 is 0 Å². The van der Waals surface area contributed by atoms with Crippen molar-refractivity contribution in [2.24, 2.45) is 16.1 Å². The molecule has 0 saturated heterocycles. The number of aliphatic hydroxyl groups excluding tert-OH is 1. The van der Waals surface area contributed by atoms with Crippen molar-refractivity contribution in [3.63, 3.8) is 0 Å². The van der Waals surface area contributed by atoms with Gasteiger partial charge in [0.1, 0.15) is 0 Å². The smallest absolute Gasteiger partial charge is 0.168 e. The molecule has 3 heteroatoms. The predicted octanol–water partition coefficient (Wildman–Crippen LogP) is 1.82. The summed E-state index contributed by atoms with van der Waals surface area (Å²) in [7, 11) is 1.57. The normalized spacial score (nSPS) is 17.6. The summed E-state index contributed by atoms with van der Waals surface area (Å²) in [5.74, 6) is 0.230. The molecule has 0 aliphatic rings. The van der Waals surface area contributed by atoms with E-state index in [1.807, 2.05) is 6.92 Å². The molecule has 2 atom stereocenters.